The molecule has 37 heavy (non-hydrogen) atoms. The van der Waals surface area contributed by atoms with Crippen LogP contribution in [0.15, 0.2) is 65.3 Å². The summed E-state index contributed by atoms with van der Waals surface area (Å²) in [6.07, 6.45) is 5.85. The minimum Gasteiger partial charge on any atom is -0.493 e. The van der Waals surface area contributed by atoms with E-state index in [1.807, 2.05) is 18.2 Å². The highest BCUT2D eigenvalue weighted by atomic mass is 79.9. The van der Waals surface area contributed by atoms with Gasteiger partial charge in [0.2, 0.25) is 5.88 Å². The number of aromatic nitrogens is 2. The molecule has 0 unspecified atom stereocenters. The van der Waals surface area contributed by atoms with Crippen molar-refractivity contribution < 1.29 is 14.3 Å². The second-order valence-electron chi connectivity index (χ2n) is 8.84. The normalized spacial score (nSPS) is 13.5. The zero-order valence-electron chi connectivity index (χ0n) is 19.8. The van der Waals surface area contributed by atoms with Crippen LogP contribution in [0.25, 0.3) is 17.0 Å². The number of aromatic hydroxyl groups is 1. The number of pyridine rings is 1. The number of hydrogen-bond acceptors (Lipinski definition) is 5. The van der Waals surface area contributed by atoms with Gasteiger partial charge in [0, 0.05) is 66.0 Å². The fraction of sp³-hybridized carbons (Fsp3) is 0.179. The van der Waals surface area contributed by atoms with Crippen LogP contribution in [0, 0.1) is 17.1 Å². The Morgan fingerprint density at radius 1 is 1.24 bits per heavy atom. The van der Waals surface area contributed by atoms with E-state index >= 15 is 0 Å². The van der Waals surface area contributed by atoms with E-state index in [9.17, 15) is 19.6 Å². The molecule has 1 aliphatic heterocycles. The van der Waals surface area contributed by atoms with Gasteiger partial charge in [-0.05, 0) is 47.5 Å². The minimum atomic E-state index is -0.286. The van der Waals surface area contributed by atoms with Crippen LogP contribution in [-0.4, -0.2) is 38.7 Å². The molecule has 2 N–H and O–H groups in total. The molecule has 5 rings (SSSR count). The first-order valence-electron chi connectivity index (χ1n) is 11.8. The zero-order valence-corrected chi connectivity index (χ0v) is 21.4. The van der Waals surface area contributed by atoms with Gasteiger partial charge in [0.1, 0.15) is 5.82 Å². The Balaban J connectivity index is 1.39. The standard InChI is InChI=1S/C28H23BrFN5O2/c29-21-5-4-20(24(30)14-21)2-1-10-34-11-8-26-23(17-34)22-12-18(15-31)3-6-25(22)35(26)28(37)33-16-19-7-9-32-27(36)13-19/h1-7,9,12-14H,8,10-11,16-17H2,(H,32,36)(H,33,37)/b2-1+. The van der Waals surface area contributed by atoms with Gasteiger partial charge < -0.3 is 10.4 Å². The number of benzene rings is 2. The van der Waals surface area contributed by atoms with Crippen LogP contribution in [0.1, 0.15) is 27.9 Å². The number of rotatable bonds is 5. The molecular weight excluding hydrogens is 537 g/mol. The van der Waals surface area contributed by atoms with E-state index in [4.69, 9.17) is 0 Å². The van der Waals surface area contributed by atoms with Gasteiger partial charge >= 0.3 is 6.03 Å². The number of nitrogens with zero attached hydrogens (tertiary/aromatic N) is 4. The Labute approximate surface area is 221 Å². The smallest absolute Gasteiger partial charge is 0.326 e. The third-order valence-electron chi connectivity index (χ3n) is 6.44. The first-order chi connectivity index (χ1) is 17.9. The van der Waals surface area contributed by atoms with Crippen LogP contribution in [0.5, 0.6) is 5.88 Å². The van der Waals surface area contributed by atoms with Gasteiger partial charge in [-0.2, -0.15) is 5.26 Å². The molecule has 2 aromatic carbocycles. The van der Waals surface area contributed by atoms with Gasteiger partial charge in [-0.25, -0.2) is 14.2 Å². The average molecular weight is 560 g/mol. The quantitative estimate of drug-likeness (QED) is 0.344. The average Bonchev–Trinajstić information content (AvgIpc) is 3.21. The van der Waals surface area contributed by atoms with Crippen molar-refractivity contribution in [3.8, 4) is 11.9 Å². The molecule has 0 saturated heterocycles. The third-order valence-corrected chi connectivity index (χ3v) is 6.93. The second-order valence-corrected chi connectivity index (χ2v) is 9.75. The van der Waals surface area contributed by atoms with Gasteiger partial charge in [0.25, 0.3) is 0 Å². The second kappa shape index (κ2) is 10.5. The molecule has 3 heterocycles. The Morgan fingerprint density at radius 2 is 2.11 bits per heavy atom. The maximum absolute atomic E-state index is 14.2. The van der Waals surface area contributed by atoms with E-state index in [2.05, 4.69) is 37.2 Å². The third kappa shape index (κ3) is 5.26. The lowest BCUT2D eigenvalue weighted by Gasteiger charge is -2.27. The number of fused-ring (bicyclic) bond motifs is 3. The summed E-state index contributed by atoms with van der Waals surface area (Å²) < 4.78 is 16.5. The van der Waals surface area contributed by atoms with Crippen LogP contribution in [-0.2, 0) is 19.5 Å². The monoisotopic (exact) mass is 559 g/mol. The van der Waals surface area contributed by atoms with Gasteiger partial charge in [0.15, 0.2) is 0 Å². The molecular formula is C28H23BrFN5O2. The van der Waals surface area contributed by atoms with Crippen molar-refractivity contribution in [1.29, 1.82) is 5.26 Å². The number of carbonyl (C=O) groups excluding carboxylic acids is 1. The summed E-state index contributed by atoms with van der Waals surface area (Å²) >= 11 is 3.27. The SMILES string of the molecule is N#Cc1ccc2c(c1)c1c(n2C(=O)NCc2ccnc(O)c2)CCN(C/C=C/c2ccc(Br)cc2F)C1. The molecule has 186 valence electrons. The number of nitrogens with one attached hydrogen (secondary N) is 1. The van der Waals surface area contributed by atoms with Crippen molar-refractivity contribution in [1.82, 2.24) is 19.8 Å². The summed E-state index contributed by atoms with van der Waals surface area (Å²) in [5.74, 6) is -0.386. The molecule has 7 nitrogen and oxygen atoms in total. The topological polar surface area (TPSA) is 94.2 Å². The Kier molecular flexibility index (Phi) is 7.04. The molecule has 4 aromatic rings. The van der Waals surface area contributed by atoms with Gasteiger partial charge in [-0.15, -0.1) is 0 Å². The first-order valence-corrected chi connectivity index (χ1v) is 12.5. The Morgan fingerprint density at radius 3 is 2.89 bits per heavy atom. The van der Waals surface area contributed by atoms with Crippen LogP contribution in [0.4, 0.5) is 9.18 Å². The van der Waals surface area contributed by atoms with E-state index < -0.39 is 0 Å². The van der Waals surface area contributed by atoms with Gasteiger partial charge in [-0.1, -0.05) is 34.1 Å². The van der Waals surface area contributed by atoms with E-state index in [1.54, 1.807) is 34.9 Å². The Bertz CT molecular complexity index is 1570. The molecule has 0 fully saturated rings. The molecule has 9 heteroatoms. The number of halogens is 2. The molecule has 1 amide bonds. The molecule has 0 spiro atoms. The summed E-state index contributed by atoms with van der Waals surface area (Å²) in [5, 5.41) is 22.9. The van der Waals surface area contributed by atoms with Gasteiger partial charge in [-0.3, -0.25) is 9.47 Å². The summed E-state index contributed by atoms with van der Waals surface area (Å²) in [6, 6.07) is 15.5. The molecule has 1 aliphatic rings. The number of amides is 1. The highest BCUT2D eigenvalue weighted by Gasteiger charge is 2.26. The van der Waals surface area contributed by atoms with E-state index in [0.29, 0.717) is 35.1 Å². The van der Waals surface area contributed by atoms with Crippen molar-refractivity contribution in [3.05, 3.63) is 99.0 Å². The lowest BCUT2D eigenvalue weighted by molar-refractivity contribution is 0.240. The first kappa shape index (κ1) is 24.7. The summed E-state index contributed by atoms with van der Waals surface area (Å²) in [7, 11) is 0. The molecule has 0 atom stereocenters. The zero-order chi connectivity index (χ0) is 25.9. The maximum Gasteiger partial charge on any atom is 0.326 e. The largest absolute Gasteiger partial charge is 0.493 e. The van der Waals surface area contributed by atoms with Crippen LogP contribution in [0.2, 0.25) is 0 Å². The van der Waals surface area contributed by atoms with E-state index in [-0.39, 0.29) is 24.3 Å². The number of carbonyl (C=O) groups is 1. The van der Waals surface area contributed by atoms with Crippen molar-refractivity contribution in [3.63, 3.8) is 0 Å². The highest BCUT2D eigenvalue weighted by Crippen LogP contribution is 2.32. The van der Waals surface area contributed by atoms with Crippen LogP contribution in [0.3, 0.4) is 0 Å². The van der Waals surface area contributed by atoms with Crippen molar-refractivity contribution in [2.45, 2.75) is 19.5 Å². The Hall–Kier alpha value is -4.00. The van der Waals surface area contributed by atoms with E-state index in [1.165, 1.54) is 18.3 Å². The van der Waals surface area contributed by atoms with Crippen LogP contribution >= 0.6 is 15.9 Å². The molecule has 0 bridgehead atoms. The molecule has 2 aromatic heterocycles. The van der Waals surface area contributed by atoms with Gasteiger partial charge in [0.05, 0.1) is 17.1 Å². The predicted octanol–water partition coefficient (Wildman–Crippen LogP) is 5.34. The van der Waals surface area contributed by atoms with E-state index in [0.717, 1.165) is 34.3 Å². The number of nitriles is 1. The highest BCUT2D eigenvalue weighted by molar-refractivity contribution is 9.10. The minimum absolute atomic E-state index is 0.100. The lowest BCUT2D eigenvalue weighted by Crippen LogP contribution is -2.34. The molecule has 0 saturated carbocycles. The van der Waals surface area contributed by atoms with Crippen molar-refractivity contribution >= 4 is 38.9 Å². The van der Waals surface area contributed by atoms with Crippen LogP contribution < -0.4 is 5.32 Å². The fourth-order valence-electron chi connectivity index (χ4n) is 4.66. The summed E-state index contributed by atoms with van der Waals surface area (Å²) in [6.45, 7) is 2.19. The summed E-state index contributed by atoms with van der Waals surface area (Å²) in [4.78, 5) is 19.3. The van der Waals surface area contributed by atoms with Crippen molar-refractivity contribution in [2.24, 2.45) is 0 Å². The molecule has 0 aliphatic carbocycles. The maximum atomic E-state index is 14.2. The summed E-state index contributed by atoms with van der Waals surface area (Å²) in [5.41, 5.74) is 4.46. The lowest BCUT2D eigenvalue weighted by atomic mass is 10.0. The van der Waals surface area contributed by atoms with Crippen molar-refractivity contribution in [2.75, 3.05) is 13.1 Å². The number of hydrogen-bond donors (Lipinski definition) is 2. The predicted molar refractivity (Wildman–Crippen MR) is 142 cm³/mol. The fourth-order valence-corrected chi connectivity index (χ4v) is 5.00. The molecule has 0 radical (unpaired) electrons.